The molecular formula is C20H19NO4. The summed E-state index contributed by atoms with van der Waals surface area (Å²) in [6.07, 6.45) is 0.739. The van der Waals surface area contributed by atoms with Gasteiger partial charge in [-0.15, -0.1) is 0 Å². The number of rotatable bonds is 5. The van der Waals surface area contributed by atoms with Gasteiger partial charge in [0, 0.05) is 30.3 Å². The Hall–Kier alpha value is -3.08. The number of hydrogen-bond acceptors (Lipinski definition) is 4. The first-order chi connectivity index (χ1) is 12.1. The molecule has 0 unspecified atom stereocenters. The van der Waals surface area contributed by atoms with E-state index in [1.54, 1.807) is 19.2 Å². The normalized spacial score (nSPS) is 10.6. The lowest BCUT2D eigenvalue weighted by molar-refractivity contribution is -0.120. The van der Waals surface area contributed by atoms with Crippen LogP contribution in [0.5, 0.6) is 5.75 Å². The Morgan fingerprint density at radius 2 is 1.88 bits per heavy atom. The number of fused-ring (bicyclic) bond motifs is 1. The highest BCUT2D eigenvalue weighted by Crippen LogP contribution is 2.23. The van der Waals surface area contributed by atoms with Gasteiger partial charge in [-0.05, 0) is 36.2 Å². The summed E-state index contributed by atoms with van der Waals surface area (Å²) in [6.45, 7) is 1.88. The van der Waals surface area contributed by atoms with E-state index in [-0.39, 0.29) is 18.1 Å². The maximum atomic E-state index is 12.3. The van der Waals surface area contributed by atoms with Gasteiger partial charge in [0.2, 0.25) is 0 Å². The SMILES string of the molecule is CCc1cc(=O)oc2cc(OCC(=O)N(C)c3ccccc3)ccc12. The molecule has 3 rings (SSSR count). The summed E-state index contributed by atoms with van der Waals surface area (Å²) in [7, 11) is 1.70. The van der Waals surface area contributed by atoms with Crippen molar-refractivity contribution in [1.82, 2.24) is 0 Å². The largest absolute Gasteiger partial charge is 0.484 e. The van der Waals surface area contributed by atoms with Crippen molar-refractivity contribution in [2.24, 2.45) is 0 Å². The number of aryl methyl sites for hydroxylation is 1. The molecule has 0 saturated heterocycles. The van der Waals surface area contributed by atoms with Crippen LogP contribution in [0.25, 0.3) is 11.0 Å². The number of anilines is 1. The van der Waals surface area contributed by atoms with Crippen LogP contribution < -0.4 is 15.3 Å². The Kier molecular flexibility index (Phi) is 4.84. The van der Waals surface area contributed by atoms with Gasteiger partial charge in [0.05, 0.1) is 0 Å². The van der Waals surface area contributed by atoms with E-state index in [0.717, 1.165) is 23.1 Å². The van der Waals surface area contributed by atoms with Crippen LogP contribution >= 0.6 is 0 Å². The van der Waals surface area contributed by atoms with Gasteiger partial charge in [0.15, 0.2) is 6.61 Å². The molecule has 0 fully saturated rings. The van der Waals surface area contributed by atoms with Crippen LogP contribution in [0, 0.1) is 0 Å². The minimum Gasteiger partial charge on any atom is -0.484 e. The molecular weight excluding hydrogens is 318 g/mol. The van der Waals surface area contributed by atoms with Gasteiger partial charge >= 0.3 is 5.63 Å². The van der Waals surface area contributed by atoms with E-state index in [1.807, 2.05) is 43.3 Å². The molecule has 5 nitrogen and oxygen atoms in total. The topological polar surface area (TPSA) is 59.8 Å². The standard InChI is InChI=1S/C20H19NO4/c1-3-14-11-20(23)25-18-12-16(9-10-17(14)18)24-13-19(22)21(2)15-7-5-4-6-8-15/h4-12H,3,13H2,1-2H3. The van der Waals surface area contributed by atoms with Crippen molar-refractivity contribution in [2.45, 2.75) is 13.3 Å². The zero-order chi connectivity index (χ0) is 17.8. The van der Waals surface area contributed by atoms with Crippen LogP contribution in [0.15, 0.2) is 63.8 Å². The average Bonchev–Trinajstić information content (AvgIpc) is 2.65. The van der Waals surface area contributed by atoms with Crippen molar-refractivity contribution >= 4 is 22.6 Å². The second-order valence-corrected chi connectivity index (χ2v) is 5.68. The number of amides is 1. The smallest absolute Gasteiger partial charge is 0.336 e. The molecule has 0 radical (unpaired) electrons. The van der Waals surface area contributed by atoms with Crippen molar-refractivity contribution in [3.8, 4) is 5.75 Å². The van der Waals surface area contributed by atoms with E-state index in [1.165, 1.54) is 11.0 Å². The lowest BCUT2D eigenvalue weighted by Crippen LogP contribution is -2.31. The molecule has 0 aliphatic carbocycles. The predicted octanol–water partition coefficient (Wildman–Crippen LogP) is 3.40. The van der Waals surface area contributed by atoms with Gasteiger partial charge in [0.25, 0.3) is 5.91 Å². The molecule has 0 N–H and O–H groups in total. The second-order valence-electron chi connectivity index (χ2n) is 5.68. The molecule has 2 aromatic carbocycles. The first kappa shape index (κ1) is 16.8. The third-order valence-electron chi connectivity index (χ3n) is 4.06. The molecule has 0 atom stereocenters. The van der Waals surface area contributed by atoms with Crippen LogP contribution in [-0.2, 0) is 11.2 Å². The summed E-state index contributed by atoms with van der Waals surface area (Å²) in [4.78, 5) is 25.4. The lowest BCUT2D eigenvalue weighted by Gasteiger charge is -2.17. The van der Waals surface area contributed by atoms with Crippen molar-refractivity contribution < 1.29 is 13.9 Å². The van der Waals surface area contributed by atoms with Crippen molar-refractivity contribution in [1.29, 1.82) is 0 Å². The molecule has 1 aromatic heterocycles. The molecule has 0 bridgehead atoms. The summed E-state index contributed by atoms with van der Waals surface area (Å²) in [6, 6.07) is 16.1. The fraction of sp³-hybridized carbons (Fsp3) is 0.200. The Bertz CT molecular complexity index is 947. The zero-order valence-corrected chi connectivity index (χ0v) is 14.2. The van der Waals surface area contributed by atoms with Crippen molar-refractivity contribution in [2.75, 3.05) is 18.6 Å². The third kappa shape index (κ3) is 3.71. The maximum absolute atomic E-state index is 12.3. The molecule has 1 amide bonds. The Morgan fingerprint density at radius 3 is 2.60 bits per heavy atom. The summed E-state index contributed by atoms with van der Waals surface area (Å²) >= 11 is 0. The van der Waals surface area contributed by atoms with Crippen molar-refractivity contribution in [3.63, 3.8) is 0 Å². The predicted molar refractivity (Wildman–Crippen MR) is 97.2 cm³/mol. The van der Waals surface area contributed by atoms with Crippen LogP contribution in [0.2, 0.25) is 0 Å². The molecule has 128 valence electrons. The zero-order valence-electron chi connectivity index (χ0n) is 14.2. The highest BCUT2D eigenvalue weighted by molar-refractivity contribution is 5.94. The number of ether oxygens (including phenoxy) is 1. The van der Waals surface area contributed by atoms with Gasteiger partial charge in [-0.25, -0.2) is 4.79 Å². The van der Waals surface area contributed by atoms with Crippen LogP contribution in [0.4, 0.5) is 5.69 Å². The number of carbonyl (C=O) groups excluding carboxylic acids is 1. The van der Waals surface area contributed by atoms with E-state index < -0.39 is 0 Å². The highest BCUT2D eigenvalue weighted by Gasteiger charge is 2.12. The maximum Gasteiger partial charge on any atom is 0.336 e. The molecule has 0 saturated carbocycles. The number of carbonyl (C=O) groups is 1. The quantitative estimate of drug-likeness (QED) is 0.670. The van der Waals surface area contributed by atoms with Crippen molar-refractivity contribution in [3.05, 3.63) is 70.6 Å². The monoisotopic (exact) mass is 337 g/mol. The fourth-order valence-electron chi connectivity index (χ4n) is 2.63. The number of nitrogens with zero attached hydrogens (tertiary/aromatic N) is 1. The van der Waals surface area contributed by atoms with E-state index in [2.05, 4.69) is 0 Å². The van der Waals surface area contributed by atoms with E-state index in [0.29, 0.717) is 11.3 Å². The summed E-state index contributed by atoms with van der Waals surface area (Å²) < 4.78 is 10.8. The average molecular weight is 337 g/mol. The Morgan fingerprint density at radius 1 is 1.12 bits per heavy atom. The summed E-state index contributed by atoms with van der Waals surface area (Å²) in [5, 5.41) is 0.877. The number of benzene rings is 2. The Labute approximate surface area is 145 Å². The molecule has 3 aromatic rings. The Balaban J connectivity index is 1.75. The van der Waals surface area contributed by atoms with Crippen LogP contribution in [-0.4, -0.2) is 19.6 Å². The van der Waals surface area contributed by atoms with E-state index in [4.69, 9.17) is 9.15 Å². The fourth-order valence-corrected chi connectivity index (χ4v) is 2.63. The number of para-hydroxylation sites is 1. The molecule has 0 spiro atoms. The third-order valence-corrected chi connectivity index (χ3v) is 4.06. The number of hydrogen-bond donors (Lipinski definition) is 0. The minimum absolute atomic E-state index is 0.103. The van der Waals surface area contributed by atoms with Crippen LogP contribution in [0.3, 0.4) is 0 Å². The minimum atomic E-state index is -0.388. The summed E-state index contributed by atoms with van der Waals surface area (Å²) in [5.41, 5.74) is 1.80. The highest BCUT2D eigenvalue weighted by atomic mass is 16.5. The molecule has 0 aliphatic heterocycles. The first-order valence-electron chi connectivity index (χ1n) is 8.09. The van der Waals surface area contributed by atoms with E-state index in [9.17, 15) is 9.59 Å². The second kappa shape index (κ2) is 7.21. The van der Waals surface area contributed by atoms with Gasteiger partial charge in [0.1, 0.15) is 11.3 Å². The molecule has 25 heavy (non-hydrogen) atoms. The lowest BCUT2D eigenvalue weighted by atomic mass is 10.1. The van der Waals surface area contributed by atoms with Gasteiger partial charge < -0.3 is 14.1 Å². The molecule has 5 heteroatoms. The summed E-state index contributed by atoms with van der Waals surface area (Å²) in [5.74, 6) is 0.314. The number of likely N-dealkylation sites (N-methyl/N-ethyl adjacent to an activating group) is 1. The first-order valence-corrected chi connectivity index (χ1v) is 8.09. The van der Waals surface area contributed by atoms with Crippen LogP contribution in [0.1, 0.15) is 12.5 Å². The van der Waals surface area contributed by atoms with Gasteiger partial charge in [-0.1, -0.05) is 25.1 Å². The molecule has 0 aliphatic rings. The van der Waals surface area contributed by atoms with E-state index >= 15 is 0 Å². The molecule has 1 heterocycles. The van der Waals surface area contributed by atoms with Gasteiger partial charge in [-0.3, -0.25) is 4.79 Å². The van der Waals surface area contributed by atoms with Gasteiger partial charge in [-0.2, -0.15) is 0 Å².